The topological polar surface area (TPSA) is 117 Å². The van der Waals surface area contributed by atoms with Gasteiger partial charge in [0.1, 0.15) is 6.33 Å². The molecule has 36 heavy (non-hydrogen) atoms. The van der Waals surface area contributed by atoms with Crippen molar-refractivity contribution >= 4 is 51.3 Å². The smallest absolute Gasteiger partial charge is 0.355 e. The highest BCUT2D eigenvalue weighted by Crippen LogP contribution is 2.32. The van der Waals surface area contributed by atoms with Crippen molar-refractivity contribution in [1.82, 2.24) is 15.4 Å². The Morgan fingerprint density at radius 2 is 1.67 bits per heavy atom. The molecule has 0 radical (unpaired) electrons. The summed E-state index contributed by atoms with van der Waals surface area (Å²) in [5.41, 5.74) is 6.32. The van der Waals surface area contributed by atoms with E-state index in [-0.39, 0.29) is 17.3 Å². The van der Waals surface area contributed by atoms with Crippen LogP contribution in [0.4, 0.5) is 23.0 Å². The van der Waals surface area contributed by atoms with Crippen molar-refractivity contribution in [3.05, 3.63) is 93.8 Å². The van der Waals surface area contributed by atoms with Crippen LogP contribution in [0, 0.1) is 10.1 Å². The van der Waals surface area contributed by atoms with Gasteiger partial charge >= 0.3 is 5.69 Å². The van der Waals surface area contributed by atoms with Crippen LogP contribution >= 0.6 is 11.6 Å². The Hall–Kier alpha value is -4.44. The maximum absolute atomic E-state index is 12.9. The summed E-state index contributed by atoms with van der Waals surface area (Å²) in [6, 6.07) is 20.5. The Labute approximate surface area is 211 Å². The van der Waals surface area contributed by atoms with E-state index in [4.69, 9.17) is 11.6 Å². The average molecular weight is 504 g/mol. The number of piperazine rings is 1. The fourth-order valence-corrected chi connectivity index (χ4v) is 4.50. The first-order valence-corrected chi connectivity index (χ1v) is 11.7. The Bertz CT molecular complexity index is 1440. The number of halogens is 1. The first-order chi connectivity index (χ1) is 17.5. The van der Waals surface area contributed by atoms with Gasteiger partial charge in [-0.05, 0) is 35.0 Å². The van der Waals surface area contributed by atoms with Crippen molar-refractivity contribution in [2.45, 2.75) is 0 Å². The lowest BCUT2D eigenvalue weighted by molar-refractivity contribution is -0.383. The molecule has 3 aromatic carbocycles. The quantitative estimate of drug-likeness (QED) is 0.296. The Kier molecular flexibility index (Phi) is 6.50. The minimum atomic E-state index is -0.537. The molecule has 182 valence electrons. The number of hydrazine groups is 1. The zero-order valence-corrected chi connectivity index (χ0v) is 19.9. The van der Waals surface area contributed by atoms with E-state index in [1.807, 2.05) is 59.5 Å². The van der Waals surface area contributed by atoms with Gasteiger partial charge in [-0.15, -0.1) is 0 Å². The number of benzene rings is 3. The zero-order valence-electron chi connectivity index (χ0n) is 19.1. The van der Waals surface area contributed by atoms with E-state index in [0.717, 1.165) is 16.5 Å². The highest BCUT2D eigenvalue weighted by Gasteiger charge is 2.29. The molecule has 0 atom stereocenters. The van der Waals surface area contributed by atoms with E-state index in [9.17, 15) is 14.9 Å². The third kappa shape index (κ3) is 4.71. The molecule has 4 aromatic rings. The number of amides is 1. The summed E-state index contributed by atoms with van der Waals surface area (Å²) in [4.78, 5) is 36.6. The fraction of sp³-hybridized carbons (Fsp3) is 0.160. The summed E-state index contributed by atoms with van der Waals surface area (Å²) in [7, 11) is 0. The SMILES string of the molecule is O=C(NNc1ncnc(N2CCN(c3cccc(Cl)c3)CC2)c1[N+](=O)[O-])c1cccc2ccccc12. The van der Waals surface area contributed by atoms with Crippen LogP contribution in [-0.2, 0) is 0 Å². The molecular formula is C25H22ClN7O3. The Morgan fingerprint density at radius 1 is 0.944 bits per heavy atom. The Balaban J connectivity index is 1.33. The summed E-state index contributed by atoms with van der Waals surface area (Å²) >= 11 is 6.12. The van der Waals surface area contributed by atoms with Crippen molar-refractivity contribution in [2.75, 3.05) is 41.4 Å². The van der Waals surface area contributed by atoms with Crippen molar-refractivity contribution in [3.63, 3.8) is 0 Å². The largest absolute Gasteiger partial charge is 0.368 e. The van der Waals surface area contributed by atoms with Crippen LogP contribution in [0.5, 0.6) is 0 Å². The number of anilines is 3. The monoisotopic (exact) mass is 503 g/mol. The maximum Gasteiger partial charge on any atom is 0.355 e. The van der Waals surface area contributed by atoms with Gasteiger partial charge in [0.05, 0.1) is 4.92 Å². The molecular weight excluding hydrogens is 482 g/mol. The maximum atomic E-state index is 12.9. The second kappa shape index (κ2) is 10.0. The van der Waals surface area contributed by atoms with E-state index < -0.39 is 10.8 Å². The molecule has 1 aliphatic heterocycles. The fourth-order valence-electron chi connectivity index (χ4n) is 4.32. The third-order valence-electron chi connectivity index (χ3n) is 6.07. The molecule has 0 bridgehead atoms. The predicted molar refractivity (Wildman–Crippen MR) is 140 cm³/mol. The molecule has 1 saturated heterocycles. The molecule has 0 aliphatic carbocycles. The number of fused-ring (bicyclic) bond motifs is 1. The number of rotatable bonds is 6. The van der Waals surface area contributed by atoms with Crippen LogP contribution in [0.2, 0.25) is 5.02 Å². The van der Waals surface area contributed by atoms with Crippen molar-refractivity contribution < 1.29 is 9.72 Å². The van der Waals surface area contributed by atoms with Gasteiger partial charge in [0.15, 0.2) is 0 Å². The lowest BCUT2D eigenvalue weighted by Crippen LogP contribution is -2.47. The first-order valence-electron chi connectivity index (χ1n) is 11.3. The molecule has 1 aliphatic rings. The van der Waals surface area contributed by atoms with E-state index >= 15 is 0 Å². The number of carbonyl (C=O) groups is 1. The van der Waals surface area contributed by atoms with Crippen LogP contribution in [0.25, 0.3) is 10.8 Å². The molecule has 2 N–H and O–H groups in total. The average Bonchev–Trinajstić information content (AvgIpc) is 2.91. The van der Waals surface area contributed by atoms with Gasteiger partial charge in [0, 0.05) is 42.5 Å². The number of aromatic nitrogens is 2. The number of carbonyl (C=O) groups excluding carboxylic acids is 1. The van der Waals surface area contributed by atoms with E-state index in [1.54, 1.807) is 12.1 Å². The predicted octanol–water partition coefficient (Wildman–Crippen LogP) is 4.27. The summed E-state index contributed by atoms with van der Waals surface area (Å²) in [6.45, 7) is 2.32. The van der Waals surface area contributed by atoms with Gasteiger partial charge in [-0.1, -0.05) is 54.1 Å². The van der Waals surface area contributed by atoms with Crippen LogP contribution in [0.3, 0.4) is 0 Å². The lowest BCUT2D eigenvalue weighted by Gasteiger charge is -2.36. The highest BCUT2D eigenvalue weighted by atomic mass is 35.5. The molecule has 11 heteroatoms. The summed E-state index contributed by atoms with van der Waals surface area (Å²) in [6.07, 6.45) is 1.25. The minimum absolute atomic E-state index is 0.0872. The van der Waals surface area contributed by atoms with Crippen molar-refractivity contribution in [1.29, 1.82) is 0 Å². The van der Waals surface area contributed by atoms with Gasteiger partial charge in [0.25, 0.3) is 5.91 Å². The van der Waals surface area contributed by atoms with Gasteiger partial charge < -0.3 is 9.80 Å². The summed E-state index contributed by atoms with van der Waals surface area (Å²) in [5, 5.41) is 14.4. The molecule has 10 nitrogen and oxygen atoms in total. The zero-order chi connectivity index (χ0) is 25.1. The van der Waals surface area contributed by atoms with Crippen LogP contribution in [-0.4, -0.2) is 47.0 Å². The third-order valence-corrected chi connectivity index (χ3v) is 6.30. The number of hydrogen-bond donors (Lipinski definition) is 2. The number of nitrogens with one attached hydrogen (secondary N) is 2. The van der Waals surface area contributed by atoms with Crippen LogP contribution in [0.1, 0.15) is 10.4 Å². The molecule has 2 heterocycles. The molecule has 1 fully saturated rings. The summed E-state index contributed by atoms with van der Waals surface area (Å²) < 4.78 is 0. The minimum Gasteiger partial charge on any atom is -0.368 e. The van der Waals surface area contributed by atoms with Gasteiger partial charge in [-0.25, -0.2) is 9.97 Å². The van der Waals surface area contributed by atoms with E-state index in [2.05, 4.69) is 25.7 Å². The van der Waals surface area contributed by atoms with Crippen LogP contribution < -0.4 is 20.7 Å². The number of nitrogens with zero attached hydrogens (tertiary/aromatic N) is 5. The molecule has 1 amide bonds. The van der Waals surface area contributed by atoms with E-state index in [0.29, 0.717) is 36.8 Å². The molecule has 1 aromatic heterocycles. The second-order valence-corrected chi connectivity index (χ2v) is 8.65. The number of nitro groups is 1. The molecule has 0 spiro atoms. The van der Waals surface area contributed by atoms with Gasteiger partial charge in [-0.3, -0.25) is 25.8 Å². The standard InChI is InChI=1S/C25H22ClN7O3/c26-18-7-4-8-19(15-18)31-11-13-32(14-12-31)24-22(33(35)36)23(27-16-28-24)29-30-25(34)21-10-3-6-17-5-1-2-9-20(17)21/h1-10,15-16H,11-14H2,(H,30,34)(H,27,28,29). The normalized spacial score (nSPS) is 13.5. The van der Waals surface area contributed by atoms with Gasteiger partial charge in [0.2, 0.25) is 11.6 Å². The number of hydrogen-bond acceptors (Lipinski definition) is 8. The van der Waals surface area contributed by atoms with E-state index in [1.165, 1.54) is 6.33 Å². The van der Waals surface area contributed by atoms with Gasteiger partial charge in [-0.2, -0.15) is 0 Å². The second-order valence-electron chi connectivity index (χ2n) is 8.21. The molecule has 5 rings (SSSR count). The van der Waals surface area contributed by atoms with Crippen LogP contribution in [0.15, 0.2) is 73.1 Å². The lowest BCUT2D eigenvalue weighted by atomic mass is 10.0. The molecule has 0 saturated carbocycles. The highest BCUT2D eigenvalue weighted by molar-refractivity contribution is 6.30. The molecule has 0 unspecified atom stereocenters. The first kappa shape index (κ1) is 23.3. The summed E-state index contributed by atoms with van der Waals surface area (Å²) in [5.74, 6) is -0.324. The van der Waals surface area contributed by atoms with Crippen molar-refractivity contribution in [2.24, 2.45) is 0 Å². The Morgan fingerprint density at radius 3 is 2.44 bits per heavy atom. The van der Waals surface area contributed by atoms with Crippen molar-refractivity contribution in [3.8, 4) is 0 Å².